The first-order chi connectivity index (χ1) is 6.00. The Kier molecular flexibility index (Phi) is 63.2. The Morgan fingerprint density at radius 3 is 1.33 bits per heavy atom. The van der Waals surface area contributed by atoms with Gasteiger partial charge in [0.15, 0.2) is 0 Å². The molecule has 0 aromatic carbocycles. The average molecular weight is 358 g/mol. The molecule has 3 nitrogen and oxygen atoms in total. The third kappa shape index (κ3) is 26.1. The molecule has 0 bridgehead atoms. The summed E-state index contributed by atoms with van der Waals surface area (Å²) in [5.74, 6) is 0. The van der Waals surface area contributed by atoms with Gasteiger partial charge in [-0.3, -0.25) is 0 Å². The van der Waals surface area contributed by atoms with E-state index in [0.29, 0.717) is 0 Å². The topological polar surface area (TPSA) is 38.2 Å². The zero-order valence-electron chi connectivity index (χ0n) is 11.5. The monoisotopic (exact) mass is 356 g/mol. The maximum atomic E-state index is 4.42. The molecule has 1 saturated heterocycles. The van der Waals surface area contributed by atoms with Crippen LogP contribution in [0.2, 0.25) is 0 Å². The third-order valence-electron chi connectivity index (χ3n) is 2.05. The van der Waals surface area contributed by atoms with Gasteiger partial charge < -0.3 is 30.8 Å². The maximum absolute atomic E-state index is 4.42. The number of halogens is 3. The van der Waals surface area contributed by atoms with Crippen LogP contribution in [0.1, 0.15) is 19.3 Å². The van der Waals surface area contributed by atoms with E-state index in [1.165, 1.54) is 19.3 Å². The molecule has 0 aromatic heterocycles. The van der Waals surface area contributed by atoms with Gasteiger partial charge in [-0.25, -0.2) is 0 Å². The second-order valence-corrected chi connectivity index (χ2v) is 3.23. The first kappa shape index (κ1) is 36.6. The van der Waals surface area contributed by atoms with E-state index in [1.54, 1.807) is 0 Å². The zero-order chi connectivity index (χ0) is 8.49. The minimum absolute atomic E-state index is 0. The maximum Gasteiger partial charge on any atom is 3.00 e. The minimum atomic E-state index is 0. The van der Waals surface area contributed by atoms with Crippen molar-refractivity contribution in [2.24, 2.45) is 0 Å². The van der Waals surface area contributed by atoms with Crippen LogP contribution in [0.5, 0.6) is 0 Å². The van der Waals surface area contributed by atoms with Crippen molar-refractivity contribution >= 4 is 37.2 Å². The molecule has 0 aromatic rings. The molecule has 1 aliphatic heterocycles. The molecule has 0 amide bonds. The molecule has 0 saturated carbocycles. The molecular formula is C11H29Cl3N3Ti. The van der Waals surface area contributed by atoms with Crippen molar-refractivity contribution in [2.45, 2.75) is 19.3 Å². The fourth-order valence-corrected chi connectivity index (χ4v) is 1.33. The van der Waals surface area contributed by atoms with Crippen LogP contribution in [0.4, 0.5) is 0 Å². The Morgan fingerprint density at radius 1 is 0.611 bits per heavy atom. The van der Waals surface area contributed by atoms with Gasteiger partial charge in [0.25, 0.3) is 0 Å². The predicted molar refractivity (Wildman–Crippen MR) is 87.3 cm³/mol. The molecule has 1 aliphatic rings. The minimum Gasteiger partial charge on any atom is -0.662 e. The van der Waals surface area contributed by atoms with Gasteiger partial charge in [-0.1, -0.05) is 12.8 Å². The van der Waals surface area contributed by atoms with E-state index in [4.69, 9.17) is 0 Å². The van der Waals surface area contributed by atoms with Crippen molar-refractivity contribution in [1.29, 1.82) is 0 Å². The summed E-state index contributed by atoms with van der Waals surface area (Å²) in [5.41, 5.74) is 0. The van der Waals surface area contributed by atoms with Gasteiger partial charge in [0.1, 0.15) is 0 Å². The van der Waals surface area contributed by atoms with E-state index in [-0.39, 0.29) is 73.8 Å². The summed E-state index contributed by atoms with van der Waals surface area (Å²) in [6.07, 6.45) is 3.65. The number of nitrogens with one attached hydrogen (secondary N) is 2. The molecule has 1 heterocycles. The standard InChI is InChI=1S/C9H20N3.2CH3.3ClH.Ti/c1-4-10-6-2-8-12-9-3-7-11-5-1;;;;;;/h10-11H,1-9H2;2*1H3;3*1H;/q3*-1;;;;+3. The van der Waals surface area contributed by atoms with Crippen LogP contribution in [-0.2, 0) is 21.7 Å². The summed E-state index contributed by atoms with van der Waals surface area (Å²) < 4.78 is 0. The average Bonchev–Trinajstić information content (AvgIpc) is 2.05. The molecule has 1 rings (SSSR count). The molecule has 0 spiro atoms. The van der Waals surface area contributed by atoms with Crippen LogP contribution in [0.15, 0.2) is 0 Å². The SMILES string of the molecule is C1C[N-]CCCNCCCNC1.Cl.Cl.Cl.[CH3-].[CH3-].[Ti+3]. The van der Waals surface area contributed by atoms with Gasteiger partial charge in [-0.2, -0.15) is 0 Å². The van der Waals surface area contributed by atoms with Gasteiger partial charge in [0.05, 0.1) is 0 Å². The van der Waals surface area contributed by atoms with Gasteiger partial charge in [-0.05, 0) is 32.6 Å². The van der Waals surface area contributed by atoms with Crippen LogP contribution in [-0.4, -0.2) is 39.3 Å². The molecule has 18 heavy (non-hydrogen) atoms. The molecule has 113 valence electrons. The van der Waals surface area contributed by atoms with Crippen LogP contribution >= 0.6 is 37.2 Å². The van der Waals surface area contributed by atoms with Crippen molar-refractivity contribution in [3.05, 3.63) is 20.2 Å². The number of hydrogen-bond donors (Lipinski definition) is 2. The third-order valence-corrected chi connectivity index (χ3v) is 2.05. The number of rotatable bonds is 0. The van der Waals surface area contributed by atoms with Crippen LogP contribution < -0.4 is 10.6 Å². The van der Waals surface area contributed by atoms with Gasteiger partial charge in [0, 0.05) is 0 Å². The molecular weight excluding hydrogens is 328 g/mol. The summed E-state index contributed by atoms with van der Waals surface area (Å²) in [7, 11) is 0. The van der Waals surface area contributed by atoms with E-state index in [1.807, 2.05) is 0 Å². The van der Waals surface area contributed by atoms with Crippen molar-refractivity contribution in [1.82, 2.24) is 10.6 Å². The Balaban J connectivity index is -0.0000000600. The molecule has 1 fully saturated rings. The Bertz CT molecular complexity index is 70.5. The molecule has 0 atom stereocenters. The van der Waals surface area contributed by atoms with E-state index < -0.39 is 0 Å². The Hall–Kier alpha value is 1.46. The van der Waals surface area contributed by atoms with E-state index in [0.717, 1.165) is 39.3 Å². The second-order valence-electron chi connectivity index (χ2n) is 3.23. The summed E-state index contributed by atoms with van der Waals surface area (Å²) in [6.45, 7) is 6.62. The second kappa shape index (κ2) is 31.1. The fourth-order valence-electron chi connectivity index (χ4n) is 1.33. The Labute approximate surface area is 148 Å². The largest absolute Gasteiger partial charge is 3.00 e. The molecule has 1 radical (unpaired) electrons. The van der Waals surface area contributed by atoms with Crippen molar-refractivity contribution < 1.29 is 21.7 Å². The van der Waals surface area contributed by atoms with Crippen LogP contribution in [0.3, 0.4) is 0 Å². The van der Waals surface area contributed by atoms with Crippen molar-refractivity contribution in [3.8, 4) is 0 Å². The van der Waals surface area contributed by atoms with Gasteiger partial charge in [-0.15, -0.1) is 50.3 Å². The molecule has 0 unspecified atom stereocenters. The first-order valence-electron chi connectivity index (χ1n) is 5.05. The Morgan fingerprint density at radius 2 is 0.944 bits per heavy atom. The van der Waals surface area contributed by atoms with E-state index in [2.05, 4.69) is 16.0 Å². The van der Waals surface area contributed by atoms with E-state index >= 15 is 0 Å². The molecule has 2 N–H and O–H groups in total. The molecule has 0 aliphatic carbocycles. The van der Waals surface area contributed by atoms with Crippen LogP contribution in [0.25, 0.3) is 5.32 Å². The number of hydrogen-bond acceptors (Lipinski definition) is 2. The van der Waals surface area contributed by atoms with Gasteiger partial charge in [0.2, 0.25) is 0 Å². The van der Waals surface area contributed by atoms with Crippen molar-refractivity contribution in [3.63, 3.8) is 0 Å². The quantitative estimate of drug-likeness (QED) is 0.517. The summed E-state index contributed by atoms with van der Waals surface area (Å²) in [4.78, 5) is 0. The number of nitrogens with zero attached hydrogens (tertiary/aromatic N) is 1. The molecule has 7 heteroatoms. The van der Waals surface area contributed by atoms with Crippen LogP contribution in [0, 0.1) is 14.9 Å². The van der Waals surface area contributed by atoms with E-state index in [9.17, 15) is 0 Å². The fraction of sp³-hybridized carbons (Fsp3) is 0.818. The summed E-state index contributed by atoms with van der Waals surface area (Å²) in [5, 5.41) is 11.2. The summed E-state index contributed by atoms with van der Waals surface area (Å²) >= 11 is 0. The predicted octanol–water partition coefficient (Wildman–Crippen LogP) is 2.89. The van der Waals surface area contributed by atoms with Gasteiger partial charge >= 0.3 is 21.7 Å². The first-order valence-corrected chi connectivity index (χ1v) is 5.05. The zero-order valence-corrected chi connectivity index (χ0v) is 15.5. The smallest absolute Gasteiger partial charge is 0.662 e. The summed E-state index contributed by atoms with van der Waals surface area (Å²) in [6, 6.07) is 0. The van der Waals surface area contributed by atoms with Crippen molar-refractivity contribution in [2.75, 3.05) is 39.3 Å². The normalized spacial score (nSPS) is 16.0.